The van der Waals surface area contributed by atoms with Crippen LogP contribution < -0.4 is 0 Å². The van der Waals surface area contributed by atoms with Crippen molar-refractivity contribution in [2.24, 2.45) is 5.92 Å². The minimum atomic E-state index is -2.95. The zero-order valence-electron chi connectivity index (χ0n) is 6.14. The van der Waals surface area contributed by atoms with Crippen LogP contribution in [0.25, 0.3) is 0 Å². The maximum atomic E-state index is 12.0. The fourth-order valence-corrected chi connectivity index (χ4v) is 0.587. The van der Waals surface area contributed by atoms with Crippen molar-refractivity contribution in [2.45, 2.75) is 25.5 Å². The highest BCUT2D eigenvalue weighted by Gasteiger charge is 2.16. The van der Waals surface area contributed by atoms with Gasteiger partial charge in [-0.15, -0.1) is 12.6 Å². The van der Waals surface area contributed by atoms with Crippen molar-refractivity contribution in [3.05, 3.63) is 12.2 Å². The zero-order valence-corrected chi connectivity index (χ0v) is 7.04. The lowest BCUT2D eigenvalue weighted by Crippen LogP contribution is -1.98. The zero-order chi connectivity index (χ0) is 8.20. The molecule has 0 atom stereocenters. The summed E-state index contributed by atoms with van der Waals surface area (Å²) in [6.45, 7) is 3.95. The van der Waals surface area contributed by atoms with E-state index in [1.54, 1.807) is 0 Å². The van der Waals surface area contributed by atoms with Crippen LogP contribution in [0.1, 0.15) is 20.3 Å². The number of hydrogen-bond donors (Lipinski definition) is 1. The average molecular weight is 166 g/mol. The summed E-state index contributed by atoms with van der Waals surface area (Å²) in [5.74, 6) is 0.423. The van der Waals surface area contributed by atoms with Gasteiger partial charge in [-0.25, -0.2) is 0 Å². The molecule has 0 saturated heterocycles. The van der Waals surface area contributed by atoms with Crippen molar-refractivity contribution in [3.63, 3.8) is 0 Å². The van der Waals surface area contributed by atoms with Crippen LogP contribution in [0.5, 0.6) is 0 Å². The van der Waals surface area contributed by atoms with Crippen LogP contribution in [0.4, 0.5) is 8.78 Å². The normalized spacial score (nSPS) is 13.4. The molecule has 0 aromatic rings. The summed E-state index contributed by atoms with van der Waals surface area (Å²) in [4.78, 5) is 0. The van der Waals surface area contributed by atoms with Gasteiger partial charge >= 0.3 is 5.25 Å². The Morgan fingerprint density at radius 3 is 2.30 bits per heavy atom. The van der Waals surface area contributed by atoms with Crippen LogP contribution >= 0.6 is 12.6 Å². The first-order valence-electron chi connectivity index (χ1n) is 3.19. The van der Waals surface area contributed by atoms with E-state index in [0.29, 0.717) is 12.3 Å². The molecule has 0 unspecified atom stereocenters. The lowest BCUT2D eigenvalue weighted by atomic mass is 10.1. The molecule has 0 aliphatic rings. The summed E-state index contributed by atoms with van der Waals surface area (Å²) >= 11 is 3.04. The molecule has 10 heavy (non-hydrogen) atoms. The largest absolute Gasteiger partial charge is 0.309 e. The van der Waals surface area contributed by atoms with Gasteiger partial charge in [0.25, 0.3) is 0 Å². The Labute approximate surface area is 65.7 Å². The van der Waals surface area contributed by atoms with Gasteiger partial charge in [-0.2, -0.15) is 8.78 Å². The molecule has 0 aromatic heterocycles. The van der Waals surface area contributed by atoms with E-state index in [2.05, 4.69) is 12.6 Å². The third kappa shape index (κ3) is 7.95. The van der Waals surface area contributed by atoms with E-state index >= 15 is 0 Å². The SMILES string of the molecule is CC(C)C/C=C/C(F)(F)S. The Morgan fingerprint density at radius 1 is 1.50 bits per heavy atom. The molecule has 0 nitrogen and oxygen atoms in total. The van der Waals surface area contributed by atoms with Crippen molar-refractivity contribution in [1.29, 1.82) is 0 Å². The van der Waals surface area contributed by atoms with Crippen LogP contribution in [0.15, 0.2) is 12.2 Å². The van der Waals surface area contributed by atoms with E-state index in [0.717, 1.165) is 6.08 Å². The quantitative estimate of drug-likeness (QED) is 0.483. The average Bonchev–Trinajstić information content (AvgIpc) is 1.59. The second-order valence-electron chi connectivity index (χ2n) is 2.62. The van der Waals surface area contributed by atoms with Gasteiger partial charge in [0.05, 0.1) is 0 Å². The second-order valence-corrected chi connectivity index (χ2v) is 3.22. The molecule has 60 valence electrons. The highest BCUT2D eigenvalue weighted by atomic mass is 32.1. The predicted octanol–water partition coefficient (Wildman–Crippen LogP) is 3.11. The molecule has 0 aliphatic carbocycles. The van der Waals surface area contributed by atoms with Crippen molar-refractivity contribution in [1.82, 2.24) is 0 Å². The van der Waals surface area contributed by atoms with Gasteiger partial charge in [-0.1, -0.05) is 19.9 Å². The second kappa shape index (κ2) is 3.96. The minimum absolute atomic E-state index is 0.423. The van der Waals surface area contributed by atoms with E-state index in [1.165, 1.54) is 6.08 Å². The van der Waals surface area contributed by atoms with E-state index in [-0.39, 0.29) is 0 Å². The Kier molecular flexibility index (Phi) is 3.94. The number of alkyl halides is 2. The van der Waals surface area contributed by atoms with Crippen molar-refractivity contribution >= 4 is 12.6 Å². The molecule has 0 aliphatic heterocycles. The Bertz CT molecular complexity index is 113. The molecule has 0 spiro atoms. The standard InChI is InChI=1S/C7H12F2S/c1-6(2)4-3-5-7(8,9)10/h3,5-6,10H,4H2,1-2H3/b5-3+. The summed E-state index contributed by atoms with van der Waals surface area (Å²) in [7, 11) is 0. The number of rotatable bonds is 3. The van der Waals surface area contributed by atoms with E-state index in [9.17, 15) is 8.78 Å². The fourth-order valence-electron chi connectivity index (χ4n) is 0.482. The van der Waals surface area contributed by atoms with E-state index < -0.39 is 5.25 Å². The molecule has 0 N–H and O–H groups in total. The third-order valence-corrected chi connectivity index (χ3v) is 1.07. The van der Waals surface area contributed by atoms with Gasteiger partial charge in [-0.05, 0) is 18.4 Å². The van der Waals surface area contributed by atoms with Crippen LogP contribution in [-0.2, 0) is 0 Å². The topological polar surface area (TPSA) is 0 Å². The van der Waals surface area contributed by atoms with Crippen LogP contribution in [0, 0.1) is 5.92 Å². The molecule has 0 heterocycles. The van der Waals surface area contributed by atoms with Gasteiger partial charge < -0.3 is 0 Å². The molecule has 0 aromatic carbocycles. The molecule has 3 heteroatoms. The molecule has 0 bridgehead atoms. The maximum Gasteiger partial charge on any atom is 0.309 e. The predicted molar refractivity (Wildman–Crippen MR) is 42.5 cm³/mol. The molecule has 0 rings (SSSR count). The van der Waals surface area contributed by atoms with Crippen LogP contribution in [0.3, 0.4) is 0 Å². The highest BCUT2D eigenvalue weighted by molar-refractivity contribution is 7.81. The maximum absolute atomic E-state index is 12.0. The lowest BCUT2D eigenvalue weighted by Gasteiger charge is -2.01. The van der Waals surface area contributed by atoms with Gasteiger partial charge in [0.15, 0.2) is 0 Å². The van der Waals surface area contributed by atoms with Crippen molar-refractivity contribution in [2.75, 3.05) is 0 Å². The molecular formula is C7H12F2S. The van der Waals surface area contributed by atoms with E-state index in [1.807, 2.05) is 13.8 Å². The Hall–Kier alpha value is -0.0500. The Balaban J connectivity index is 3.57. The Morgan fingerprint density at radius 2 is 2.00 bits per heavy atom. The van der Waals surface area contributed by atoms with Crippen LogP contribution in [-0.4, -0.2) is 5.25 Å². The van der Waals surface area contributed by atoms with Crippen molar-refractivity contribution < 1.29 is 8.78 Å². The number of thiol groups is 1. The van der Waals surface area contributed by atoms with E-state index in [4.69, 9.17) is 0 Å². The summed E-state index contributed by atoms with van der Waals surface area (Å²) in [6.07, 6.45) is 2.95. The fraction of sp³-hybridized carbons (Fsp3) is 0.714. The van der Waals surface area contributed by atoms with Crippen molar-refractivity contribution in [3.8, 4) is 0 Å². The highest BCUT2D eigenvalue weighted by Crippen LogP contribution is 2.19. The summed E-state index contributed by atoms with van der Waals surface area (Å²) < 4.78 is 23.9. The summed E-state index contributed by atoms with van der Waals surface area (Å²) in [5, 5.41) is -2.95. The molecule has 0 radical (unpaired) electrons. The van der Waals surface area contributed by atoms with Gasteiger partial charge in [0.1, 0.15) is 0 Å². The first-order valence-corrected chi connectivity index (χ1v) is 3.64. The molecule has 0 amide bonds. The number of allylic oxidation sites excluding steroid dienone is 1. The monoisotopic (exact) mass is 166 g/mol. The van der Waals surface area contributed by atoms with Crippen LogP contribution in [0.2, 0.25) is 0 Å². The summed E-state index contributed by atoms with van der Waals surface area (Å²) in [5.41, 5.74) is 0. The first-order chi connectivity index (χ1) is 4.42. The number of halogens is 2. The smallest absolute Gasteiger partial charge is 0.190 e. The summed E-state index contributed by atoms with van der Waals surface area (Å²) in [6, 6.07) is 0. The van der Waals surface area contributed by atoms with Gasteiger partial charge in [0, 0.05) is 0 Å². The minimum Gasteiger partial charge on any atom is -0.190 e. The molecule has 0 saturated carbocycles. The first kappa shape index (κ1) is 9.95. The lowest BCUT2D eigenvalue weighted by molar-refractivity contribution is 0.165. The van der Waals surface area contributed by atoms with Gasteiger partial charge in [-0.3, -0.25) is 0 Å². The third-order valence-electron chi connectivity index (χ3n) is 0.926. The number of hydrogen-bond acceptors (Lipinski definition) is 1. The van der Waals surface area contributed by atoms with Gasteiger partial charge in [0.2, 0.25) is 0 Å². The molecule has 0 fully saturated rings. The molecular weight excluding hydrogens is 154 g/mol.